The number of aryl methyl sites for hydroxylation is 3. The quantitative estimate of drug-likeness (QED) is 0.0123. The SMILES string of the molecule is C=CC(=O)CCCCCCCCc1ccc(Cc2cc3cc(OC(=C)CCc4ccc(OCCCCCCOC(=C)CC)cc4)ccc3c3ccc(OC(=C)CCc4ccc(OCCCCCCOC=O)cc4)cc23)cc1. The van der Waals surface area contributed by atoms with Crippen molar-refractivity contribution in [2.45, 2.75) is 148 Å². The topological polar surface area (TPSA) is 89.5 Å². The Hall–Kier alpha value is -7.06. The molecule has 0 unspecified atom stereocenters. The van der Waals surface area contributed by atoms with E-state index in [2.05, 4.69) is 130 Å². The molecule has 0 aromatic heterocycles. The van der Waals surface area contributed by atoms with Gasteiger partial charge in [-0.05, 0) is 194 Å². The second kappa shape index (κ2) is 33.9. The highest BCUT2D eigenvalue weighted by Crippen LogP contribution is 2.36. The van der Waals surface area contributed by atoms with Gasteiger partial charge in [0.25, 0.3) is 6.47 Å². The van der Waals surface area contributed by atoms with Crippen molar-refractivity contribution in [2.24, 2.45) is 0 Å². The van der Waals surface area contributed by atoms with Crippen molar-refractivity contribution in [3.63, 3.8) is 0 Å². The largest absolute Gasteiger partial charge is 0.499 e. The molecule has 6 aromatic rings. The lowest BCUT2D eigenvalue weighted by Gasteiger charge is -2.16. The number of rotatable bonds is 41. The Bertz CT molecular complexity index is 2770. The summed E-state index contributed by atoms with van der Waals surface area (Å²) in [6.07, 6.45) is 22.7. The zero-order valence-corrected chi connectivity index (χ0v) is 46.1. The summed E-state index contributed by atoms with van der Waals surface area (Å²) in [5.74, 6) is 5.74. The molecule has 0 spiro atoms. The maximum atomic E-state index is 11.5. The molecule has 0 saturated carbocycles. The van der Waals surface area contributed by atoms with E-state index in [0.717, 1.165) is 165 Å². The average molecular weight is 1040 g/mol. The van der Waals surface area contributed by atoms with E-state index in [1.54, 1.807) is 0 Å². The maximum Gasteiger partial charge on any atom is 0.293 e. The molecule has 0 saturated heterocycles. The Morgan fingerprint density at radius 2 is 0.935 bits per heavy atom. The van der Waals surface area contributed by atoms with Crippen LogP contribution in [0.25, 0.3) is 21.5 Å². The fourth-order valence-electron chi connectivity index (χ4n) is 9.40. The first-order valence-corrected chi connectivity index (χ1v) is 28.4. The van der Waals surface area contributed by atoms with Crippen LogP contribution in [0.2, 0.25) is 0 Å². The average Bonchev–Trinajstić information content (AvgIpc) is 3.46. The van der Waals surface area contributed by atoms with Crippen LogP contribution in [0.5, 0.6) is 23.0 Å². The van der Waals surface area contributed by atoms with E-state index in [-0.39, 0.29) is 5.78 Å². The second-order valence-electron chi connectivity index (χ2n) is 20.2. The van der Waals surface area contributed by atoms with Crippen LogP contribution >= 0.6 is 0 Å². The third kappa shape index (κ3) is 21.8. The number of carbonyl (C=O) groups excluding carboxylic acids is 2. The fourth-order valence-corrected chi connectivity index (χ4v) is 9.40. The Morgan fingerprint density at radius 1 is 0.455 bits per heavy atom. The zero-order valence-electron chi connectivity index (χ0n) is 46.1. The number of allylic oxidation sites excluding steroid dienone is 4. The number of unbranched alkanes of at least 4 members (excludes halogenated alkanes) is 11. The lowest BCUT2D eigenvalue weighted by atomic mass is 9.93. The van der Waals surface area contributed by atoms with Crippen LogP contribution in [0.1, 0.15) is 150 Å². The summed E-state index contributed by atoms with van der Waals surface area (Å²) in [5.41, 5.74) is 6.22. The number of benzene rings is 6. The molecule has 77 heavy (non-hydrogen) atoms. The van der Waals surface area contributed by atoms with Crippen molar-refractivity contribution in [1.82, 2.24) is 0 Å². The van der Waals surface area contributed by atoms with E-state index in [9.17, 15) is 9.59 Å². The molecule has 0 heterocycles. The van der Waals surface area contributed by atoms with Gasteiger partial charge in [-0.15, -0.1) is 0 Å². The molecule has 0 atom stereocenters. The second-order valence-corrected chi connectivity index (χ2v) is 20.2. The van der Waals surface area contributed by atoms with E-state index >= 15 is 0 Å². The molecule has 0 amide bonds. The highest BCUT2D eigenvalue weighted by atomic mass is 16.5. The van der Waals surface area contributed by atoms with Crippen LogP contribution in [-0.2, 0) is 44.7 Å². The van der Waals surface area contributed by atoms with Crippen LogP contribution in [0.4, 0.5) is 0 Å². The summed E-state index contributed by atoms with van der Waals surface area (Å²) >= 11 is 0. The predicted molar refractivity (Wildman–Crippen MR) is 316 cm³/mol. The summed E-state index contributed by atoms with van der Waals surface area (Å²) in [4.78, 5) is 21.8. The van der Waals surface area contributed by atoms with E-state index < -0.39 is 0 Å². The molecule has 0 aliphatic rings. The summed E-state index contributed by atoms with van der Waals surface area (Å²) in [6.45, 7) is 21.3. The van der Waals surface area contributed by atoms with Crippen molar-refractivity contribution in [1.29, 1.82) is 0 Å². The van der Waals surface area contributed by atoms with Crippen LogP contribution in [0.3, 0.4) is 0 Å². The van der Waals surface area contributed by atoms with Gasteiger partial charge in [0.1, 0.15) is 23.0 Å². The van der Waals surface area contributed by atoms with Gasteiger partial charge in [-0.3, -0.25) is 9.59 Å². The van der Waals surface area contributed by atoms with Gasteiger partial charge < -0.3 is 28.4 Å². The van der Waals surface area contributed by atoms with Gasteiger partial charge in [-0.2, -0.15) is 0 Å². The van der Waals surface area contributed by atoms with Gasteiger partial charge in [0.05, 0.1) is 43.7 Å². The molecule has 6 aromatic carbocycles. The minimum Gasteiger partial charge on any atom is -0.499 e. The first-order chi connectivity index (χ1) is 37.7. The lowest BCUT2D eigenvalue weighted by Crippen LogP contribution is -1.99. The Balaban J connectivity index is 1.05. The molecule has 0 aliphatic heterocycles. The third-order valence-electron chi connectivity index (χ3n) is 14.0. The van der Waals surface area contributed by atoms with Crippen molar-refractivity contribution in [2.75, 3.05) is 26.4 Å². The predicted octanol–water partition coefficient (Wildman–Crippen LogP) is 17.7. The highest BCUT2D eigenvalue weighted by Gasteiger charge is 2.13. The summed E-state index contributed by atoms with van der Waals surface area (Å²) < 4.78 is 35.2. The smallest absolute Gasteiger partial charge is 0.293 e. The standard InChI is InChI=1S/C69H84O8/c1-6-53(3)73-45-19-14-15-21-47-75-64-36-32-57(33-37-64)26-24-54(4)76-65-40-42-67-61(50-65)49-60(48-59-30-28-56(29-31-59)22-16-10-8-9-11-17-23-62(71)7-2)69-51-66(41-43-68(67)69)77-55(5)25-27-58-34-38-63(39-35-58)74-46-20-13-12-18-44-72-52-70/h7,28-43,49-52H,2-6,8-27,44-48H2,1H3. The fraction of sp³-hybridized carbons (Fsp3) is 0.391. The molecule has 0 fully saturated rings. The van der Waals surface area contributed by atoms with Gasteiger partial charge in [0, 0.05) is 25.7 Å². The van der Waals surface area contributed by atoms with Gasteiger partial charge in [0.15, 0.2) is 5.78 Å². The van der Waals surface area contributed by atoms with Crippen molar-refractivity contribution >= 4 is 33.8 Å². The summed E-state index contributed by atoms with van der Waals surface area (Å²) in [6, 6.07) is 40.8. The van der Waals surface area contributed by atoms with Gasteiger partial charge in [0.2, 0.25) is 0 Å². The number of hydrogen-bond acceptors (Lipinski definition) is 8. The first kappa shape index (κ1) is 59.2. The first-order valence-electron chi connectivity index (χ1n) is 28.4. The van der Waals surface area contributed by atoms with Crippen LogP contribution in [0, 0.1) is 0 Å². The van der Waals surface area contributed by atoms with E-state index in [0.29, 0.717) is 51.3 Å². The molecule has 0 N–H and O–H groups in total. The zero-order chi connectivity index (χ0) is 54.3. The van der Waals surface area contributed by atoms with E-state index in [1.807, 2.05) is 18.2 Å². The Kier molecular flexibility index (Phi) is 26.0. The molecule has 0 aliphatic carbocycles. The molecular weight excluding hydrogens is 957 g/mol. The normalized spacial score (nSPS) is 11.0. The molecular formula is C69H84O8. The van der Waals surface area contributed by atoms with Gasteiger partial charge in [-0.25, -0.2) is 0 Å². The molecule has 408 valence electrons. The van der Waals surface area contributed by atoms with Crippen molar-refractivity contribution in [3.8, 4) is 23.0 Å². The minimum absolute atomic E-state index is 0.146. The van der Waals surface area contributed by atoms with Crippen molar-refractivity contribution < 1.29 is 38.0 Å². The summed E-state index contributed by atoms with van der Waals surface area (Å²) in [7, 11) is 0. The Labute approximate surface area is 460 Å². The van der Waals surface area contributed by atoms with Crippen LogP contribution in [0.15, 0.2) is 165 Å². The van der Waals surface area contributed by atoms with Gasteiger partial charge >= 0.3 is 0 Å². The number of carbonyl (C=O) groups is 2. The van der Waals surface area contributed by atoms with E-state index in [4.69, 9.17) is 28.4 Å². The number of ketones is 1. The highest BCUT2D eigenvalue weighted by molar-refractivity contribution is 6.09. The number of fused-ring (bicyclic) bond motifs is 3. The van der Waals surface area contributed by atoms with Crippen LogP contribution in [-0.4, -0.2) is 38.7 Å². The van der Waals surface area contributed by atoms with E-state index in [1.165, 1.54) is 53.2 Å². The van der Waals surface area contributed by atoms with Crippen LogP contribution < -0.4 is 18.9 Å². The molecule has 8 heteroatoms. The number of ether oxygens (including phenoxy) is 6. The molecule has 0 radical (unpaired) electrons. The van der Waals surface area contributed by atoms with Gasteiger partial charge in [-0.1, -0.05) is 126 Å². The maximum absolute atomic E-state index is 11.5. The minimum atomic E-state index is 0.146. The third-order valence-corrected chi connectivity index (χ3v) is 14.0. The molecule has 6 rings (SSSR count). The molecule has 8 nitrogen and oxygen atoms in total. The lowest BCUT2D eigenvalue weighted by molar-refractivity contribution is -0.128. The monoisotopic (exact) mass is 1040 g/mol. The van der Waals surface area contributed by atoms with Crippen molar-refractivity contribution in [3.05, 3.63) is 193 Å². The number of hydrogen-bond donors (Lipinski definition) is 0. The Morgan fingerprint density at radius 3 is 1.52 bits per heavy atom. The molecule has 0 bridgehead atoms. The summed E-state index contributed by atoms with van der Waals surface area (Å²) in [5, 5.41) is 4.56.